The quantitative estimate of drug-likeness (QED) is 0.649. The second-order valence-corrected chi connectivity index (χ2v) is 10.2. The Hall–Kier alpha value is -2.20. The molecule has 4 rings (SSSR count). The fourth-order valence-electron chi connectivity index (χ4n) is 4.24. The van der Waals surface area contributed by atoms with E-state index in [-0.39, 0.29) is 17.3 Å². The summed E-state index contributed by atoms with van der Waals surface area (Å²) in [4.78, 5) is 17.3. The van der Waals surface area contributed by atoms with Gasteiger partial charge in [0.15, 0.2) is 0 Å². The minimum atomic E-state index is -3.67. The maximum absolute atomic E-state index is 12.9. The van der Waals surface area contributed by atoms with Crippen LogP contribution in [0.4, 0.5) is 0 Å². The molecule has 1 aromatic heterocycles. The normalized spacial score (nSPS) is 18.7. The summed E-state index contributed by atoms with van der Waals surface area (Å²) in [5, 5.41) is 0. The molecule has 3 heterocycles. The lowest BCUT2D eigenvalue weighted by Crippen LogP contribution is -2.40. The molecule has 174 valence electrons. The number of likely N-dealkylation sites (tertiary alicyclic amines) is 1. The number of sulfonamides is 1. The Bertz CT molecular complexity index is 962. The number of hydrogen-bond donors (Lipinski definition) is 1. The number of morpholine rings is 1. The Morgan fingerprint density at radius 3 is 2.41 bits per heavy atom. The van der Waals surface area contributed by atoms with Crippen LogP contribution in [0.2, 0.25) is 0 Å². The lowest BCUT2D eigenvalue weighted by Gasteiger charge is -2.34. The summed E-state index contributed by atoms with van der Waals surface area (Å²) < 4.78 is 38.0. The molecule has 0 unspecified atom stereocenters. The number of nitrogens with zero attached hydrogens (tertiary/aromatic N) is 2. The van der Waals surface area contributed by atoms with E-state index in [4.69, 9.17) is 9.15 Å². The van der Waals surface area contributed by atoms with Crippen LogP contribution in [-0.2, 0) is 21.3 Å². The first-order valence-corrected chi connectivity index (χ1v) is 12.7. The summed E-state index contributed by atoms with van der Waals surface area (Å²) in [6.07, 6.45) is 4.69. The van der Waals surface area contributed by atoms with Crippen molar-refractivity contribution in [3.05, 3.63) is 54.0 Å². The van der Waals surface area contributed by atoms with Crippen LogP contribution in [0.5, 0.6) is 0 Å². The highest BCUT2D eigenvalue weighted by atomic mass is 32.2. The predicted octanol–water partition coefficient (Wildman–Crippen LogP) is 2.33. The number of piperidine rings is 1. The third-order valence-electron chi connectivity index (χ3n) is 6.29. The number of carbonyl (C=O) groups excluding carboxylic acids is 1. The highest BCUT2D eigenvalue weighted by Crippen LogP contribution is 2.23. The Morgan fingerprint density at radius 1 is 1.03 bits per heavy atom. The summed E-state index contributed by atoms with van der Waals surface area (Å²) in [5.41, 5.74) is 0.516. The van der Waals surface area contributed by atoms with E-state index in [2.05, 4.69) is 9.62 Å². The summed E-state index contributed by atoms with van der Waals surface area (Å²) in [6, 6.07) is 9.55. The molecule has 2 saturated heterocycles. The van der Waals surface area contributed by atoms with Gasteiger partial charge in [-0.2, -0.15) is 0 Å². The minimum absolute atomic E-state index is 0.0379. The molecule has 0 atom stereocenters. The Balaban J connectivity index is 1.25. The number of carbonyl (C=O) groups is 1. The van der Waals surface area contributed by atoms with Gasteiger partial charge in [-0.1, -0.05) is 0 Å². The average molecular weight is 462 g/mol. The van der Waals surface area contributed by atoms with Crippen molar-refractivity contribution < 1.29 is 22.4 Å². The van der Waals surface area contributed by atoms with Gasteiger partial charge in [0.1, 0.15) is 5.76 Å². The van der Waals surface area contributed by atoms with Crippen LogP contribution >= 0.6 is 0 Å². The van der Waals surface area contributed by atoms with Crippen LogP contribution < -0.4 is 4.72 Å². The van der Waals surface area contributed by atoms with Crippen LogP contribution in [0.15, 0.2) is 52.0 Å². The summed E-state index contributed by atoms with van der Waals surface area (Å²) >= 11 is 0. The fourth-order valence-corrected chi connectivity index (χ4v) is 5.23. The van der Waals surface area contributed by atoms with Gasteiger partial charge in [0.2, 0.25) is 10.0 Å². The molecule has 0 bridgehead atoms. The van der Waals surface area contributed by atoms with Crippen LogP contribution in [-0.4, -0.2) is 70.1 Å². The van der Waals surface area contributed by atoms with Gasteiger partial charge in [-0.3, -0.25) is 9.69 Å². The van der Waals surface area contributed by atoms with Gasteiger partial charge in [-0.25, -0.2) is 13.1 Å². The Labute approximate surface area is 189 Å². The highest BCUT2D eigenvalue weighted by Gasteiger charge is 2.25. The Morgan fingerprint density at radius 2 is 1.75 bits per heavy atom. The summed E-state index contributed by atoms with van der Waals surface area (Å²) in [5.74, 6) is 1.15. The van der Waals surface area contributed by atoms with E-state index in [1.54, 1.807) is 24.3 Å². The number of amides is 1. The van der Waals surface area contributed by atoms with Crippen molar-refractivity contribution in [1.82, 2.24) is 14.5 Å². The van der Waals surface area contributed by atoms with E-state index >= 15 is 0 Å². The molecule has 2 fully saturated rings. The molecule has 0 spiro atoms. The maximum Gasteiger partial charge on any atom is 0.253 e. The van der Waals surface area contributed by atoms with Crippen molar-refractivity contribution in [1.29, 1.82) is 0 Å². The zero-order valence-electron chi connectivity index (χ0n) is 18.2. The van der Waals surface area contributed by atoms with E-state index in [1.165, 1.54) is 24.8 Å². The SMILES string of the molecule is O=C(c1ccc(S(=O)(=O)NCc2ccco2)cc1)N1CCC(CCN2CCOCC2)CC1. The van der Waals surface area contributed by atoms with Crippen molar-refractivity contribution >= 4 is 15.9 Å². The average Bonchev–Trinajstić information content (AvgIpc) is 3.36. The van der Waals surface area contributed by atoms with Crippen molar-refractivity contribution in [2.45, 2.75) is 30.7 Å². The fraction of sp³-hybridized carbons (Fsp3) is 0.522. The number of benzene rings is 1. The second-order valence-electron chi connectivity index (χ2n) is 8.41. The molecular formula is C23H31N3O5S. The standard InChI is InChI=1S/C23H31N3O5S/c27-23(26-11-8-19(9-12-26)7-10-25-13-16-30-17-14-25)20-3-5-22(6-4-20)32(28,29)24-18-21-2-1-15-31-21/h1-6,15,19,24H,7-14,16-18H2. The number of furan rings is 1. The van der Waals surface area contributed by atoms with Gasteiger partial charge in [-0.15, -0.1) is 0 Å². The summed E-state index contributed by atoms with van der Waals surface area (Å²) in [6.45, 7) is 6.36. The zero-order chi connectivity index (χ0) is 22.4. The van der Waals surface area contributed by atoms with Crippen LogP contribution in [0.25, 0.3) is 0 Å². The van der Waals surface area contributed by atoms with Crippen molar-refractivity contribution in [2.75, 3.05) is 45.9 Å². The van der Waals surface area contributed by atoms with Crippen LogP contribution in [0.1, 0.15) is 35.4 Å². The first-order valence-electron chi connectivity index (χ1n) is 11.2. The van der Waals surface area contributed by atoms with Crippen molar-refractivity contribution in [2.24, 2.45) is 5.92 Å². The molecule has 32 heavy (non-hydrogen) atoms. The van der Waals surface area contributed by atoms with E-state index in [9.17, 15) is 13.2 Å². The van der Waals surface area contributed by atoms with Crippen molar-refractivity contribution in [3.63, 3.8) is 0 Å². The first kappa shape index (κ1) is 23.0. The van der Waals surface area contributed by atoms with Crippen LogP contribution in [0, 0.1) is 5.92 Å². The largest absolute Gasteiger partial charge is 0.468 e. The lowest BCUT2D eigenvalue weighted by molar-refractivity contribution is 0.0332. The van der Waals surface area contributed by atoms with E-state index in [0.717, 1.165) is 58.8 Å². The molecule has 8 nitrogen and oxygen atoms in total. The lowest BCUT2D eigenvalue weighted by atomic mass is 9.93. The minimum Gasteiger partial charge on any atom is -0.468 e. The molecule has 0 saturated carbocycles. The molecule has 2 aliphatic heterocycles. The molecule has 1 aromatic carbocycles. The molecule has 2 aromatic rings. The molecule has 2 aliphatic rings. The topological polar surface area (TPSA) is 92.1 Å². The molecule has 1 N–H and O–H groups in total. The number of hydrogen-bond acceptors (Lipinski definition) is 6. The van der Waals surface area contributed by atoms with E-state index in [1.807, 2.05) is 4.90 Å². The zero-order valence-corrected chi connectivity index (χ0v) is 19.1. The monoisotopic (exact) mass is 461 g/mol. The van der Waals surface area contributed by atoms with Gasteiger partial charge in [-0.05, 0) is 68.1 Å². The van der Waals surface area contributed by atoms with Gasteiger partial charge < -0.3 is 14.1 Å². The molecule has 1 amide bonds. The summed E-state index contributed by atoms with van der Waals surface area (Å²) in [7, 11) is -3.67. The molecule has 0 radical (unpaired) electrons. The predicted molar refractivity (Wildman–Crippen MR) is 120 cm³/mol. The van der Waals surface area contributed by atoms with E-state index < -0.39 is 10.0 Å². The van der Waals surface area contributed by atoms with E-state index in [0.29, 0.717) is 17.2 Å². The third kappa shape index (κ3) is 5.98. The van der Waals surface area contributed by atoms with Gasteiger partial charge >= 0.3 is 0 Å². The second kappa shape index (κ2) is 10.6. The van der Waals surface area contributed by atoms with Crippen LogP contribution in [0.3, 0.4) is 0 Å². The Kier molecular flexibility index (Phi) is 7.62. The number of rotatable bonds is 8. The number of nitrogens with one attached hydrogen (secondary N) is 1. The molecule has 0 aliphatic carbocycles. The number of ether oxygens (including phenoxy) is 1. The maximum atomic E-state index is 12.9. The highest BCUT2D eigenvalue weighted by molar-refractivity contribution is 7.89. The molecule has 9 heteroatoms. The van der Waals surface area contributed by atoms with Gasteiger partial charge in [0.05, 0.1) is 30.9 Å². The van der Waals surface area contributed by atoms with Crippen molar-refractivity contribution in [3.8, 4) is 0 Å². The van der Waals surface area contributed by atoms with Gasteiger partial charge in [0, 0.05) is 31.7 Å². The first-order chi connectivity index (χ1) is 15.5. The molecular weight excluding hydrogens is 430 g/mol. The third-order valence-corrected chi connectivity index (χ3v) is 7.70. The smallest absolute Gasteiger partial charge is 0.253 e. The van der Waals surface area contributed by atoms with Gasteiger partial charge in [0.25, 0.3) is 5.91 Å².